The molecule has 150 valence electrons. The largest absolute Gasteiger partial charge is 0.494 e. The summed E-state index contributed by atoms with van der Waals surface area (Å²) in [5.41, 5.74) is 5.65. The van der Waals surface area contributed by atoms with Gasteiger partial charge < -0.3 is 4.74 Å². The lowest BCUT2D eigenvalue weighted by atomic mass is 9.76. The first-order valence-corrected chi connectivity index (χ1v) is 10.4. The Labute approximate surface area is 172 Å². The standard InChI is InChI=1S/C25H27NO3/c1-4-29-22-14-6-5-11-18(22)19-15-23(28)26(20-12-8-13-21(27)24(19)20)25-16(2)9-7-10-17(25)3/h5-7,9-11,14,19H,4,8,12-13,15H2,1-3H3. The van der Waals surface area contributed by atoms with Gasteiger partial charge in [0, 0.05) is 35.6 Å². The van der Waals surface area contributed by atoms with Crippen molar-refractivity contribution in [2.75, 3.05) is 11.5 Å². The third-order valence-electron chi connectivity index (χ3n) is 5.93. The maximum atomic E-state index is 13.5. The number of nitrogens with zero attached hydrogens (tertiary/aromatic N) is 1. The van der Waals surface area contributed by atoms with Crippen LogP contribution < -0.4 is 9.64 Å². The molecule has 0 aromatic heterocycles. The summed E-state index contributed by atoms with van der Waals surface area (Å²) in [6.07, 6.45) is 2.35. The zero-order chi connectivity index (χ0) is 20.5. The SMILES string of the molecule is CCOc1ccccc1C1CC(=O)N(c2c(C)cccc2C)C2=C1C(=O)CCC2. The maximum Gasteiger partial charge on any atom is 0.232 e. The molecule has 2 aromatic rings. The van der Waals surface area contributed by atoms with Gasteiger partial charge in [-0.3, -0.25) is 14.5 Å². The number of carbonyl (C=O) groups excluding carboxylic acids is 2. The summed E-state index contributed by atoms with van der Waals surface area (Å²) in [5, 5.41) is 0. The molecule has 0 spiro atoms. The van der Waals surface area contributed by atoms with E-state index in [1.165, 1.54) is 0 Å². The lowest BCUT2D eigenvalue weighted by molar-refractivity contribution is -0.119. The first kappa shape index (κ1) is 19.4. The molecule has 1 heterocycles. The van der Waals surface area contributed by atoms with E-state index in [0.717, 1.165) is 52.2 Å². The summed E-state index contributed by atoms with van der Waals surface area (Å²) >= 11 is 0. The van der Waals surface area contributed by atoms with Crippen LogP contribution in [-0.4, -0.2) is 18.3 Å². The summed E-state index contributed by atoms with van der Waals surface area (Å²) in [6, 6.07) is 13.9. The Bertz CT molecular complexity index is 985. The van der Waals surface area contributed by atoms with Crippen LogP contribution in [0, 0.1) is 13.8 Å². The highest BCUT2D eigenvalue weighted by Gasteiger charge is 2.41. The smallest absolute Gasteiger partial charge is 0.232 e. The highest BCUT2D eigenvalue weighted by molar-refractivity contribution is 6.08. The third-order valence-corrected chi connectivity index (χ3v) is 5.93. The Balaban J connectivity index is 1.91. The summed E-state index contributed by atoms with van der Waals surface area (Å²) in [7, 11) is 0. The monoisotopic (exact) mass is 389 g/mol. The van der Waals surface area contributed by atoms with Crippen LogP contribution in [0.25, 0.3) is 0 Å². The second kappa shape index (κ2) is 7.86. The number of aryl methyl sites for hydroxylation is 2. The Morgan fingerprint density at radius 3 is 2.45 bits per heavy atom. The molecule has 0 bridgehead atoms. The number of hydrogen-bond donors (Lipinski definition) is 0. The first-order valence-electron chi connectivity index (χ1n) is 10.4. The number of ketones is 1. The highest BCUT2D eigenvalue weighted by Crippen LogP contribution is 2.46. The number of para-hydroxylation sites is 2. The second-order valence-corrected chi connectivity index (χ2v) is 7.83. The lowest BCUT2D eigenvalue weighted by Crippen LogP contribution is -2.41. The number of allylic oxidation sites excluding steroid dienone is 2. The van der Waals surface area contributed by atoms with Crippen LogP contribution in [-0.2, 0) is 9.59 Å². The first-order chi connectivity index (χ1) is 14.0. The lowest BCUT2D eigenvalue weighted by Gasteiger charge is -2.39. The number of anilines is 1. The molecule has 1 aliphatic heterocycles. The molecule has 1 unspecified atom stereocenters. The molecule has 1 aliphatic carbocycles. The van der Waals surface area contributed by atoms with E-state index in [-0.39, 0.29) is 24.0 Å². The fourth-order valence-electron chi connectivity index (χ4n) is 4.73. The highest BCUT2D eigenvalue weighted by atomic mass is 16.5. The van der Waals surface area contributed by atoms with Gasteiger partial charge in [0.25, 0.3) is 0 Å². The van der Waals surface area contributed by atoms with E-state index >= 15 is 0 Å². The fourth-order valence-corrected chi connectivity index (χ4v) is 4.73. The van der Waals surface area contributed by atoms with Crippen molar-refractivity contribution in [1.29, 1.82) is 0 Å². The van der Waals surface area contributed by atoms with E-state index in [1.807, 2.05) is 68.1 Å². The van der Waals surface area contributed by atoms with Gasteiger partial charge in [0.15, 0.2) is 5.78 Å². The summed E-state index contributed by atoms with van der Waals surface area (Å²) in [5.74, 6) is 0.727. The van der Waals surface area contributed by atoms with Gasteiger partial charge >= 0.3 is 0 Å². The predicted molar refractivity (Wildman–Crippen MR) is 114 cm³/mol. The molecule has 1 atom stereocenters. The molecule has 0 saturated carbocycles. The number of rotatable bonds is 4. The number of benzene rings is 2. The minimum atomic E-state index is -0.242. The van der Waals surface area contributed by atoms with E-state index in [2.05, 4.69) is 0 Å². The van der Waals surface area contributed by atoms with Gasteiger partial charge in [0.2, 0.25) is 5.91 Å². The number of hydrogen-bond acceptors (Lipinski definition) is 3. The quantitative estimate of drug-likeness (QED) is 0.719. The van der Waals surface area contributed by atoms with Crippen LogP contribution in [0.4, 0.5) is 5.69 Å². The molecular weight excluding hydrogens is 362 g/mol. The Hall–Kier alpha value is -2.88. The van der Waals surface area contributed by atoms with Gasteiger partial charge in [-0.1, -0.05) is 36.4 Å². The molecule has 4 rings (SSSR count). The normalized spacial score (nSPS) is 19.4. The topological polar surface area (TPSA) is 46.6 Å². The van der Waals surface area contributed by atoms with Crippen LogP contribution in [0.15, 0.2) is 53.7 Å². The van der Waals surface area contributed by atoms with Gasteiger partial charge in [-0.15, -0.1) is 0 Å². The molecule has 0 fully saturated rings. The van der Waals surface area contributed by atoms with E-state index in [0.29, 0.717) is 13.0 Å². The van der Waals surface area contributed by atoms with Gasteiger partial charge in [-0.2, -0.15) is 0 Å². The number of Topliss-reactive ketones (excluding diaryl/α,β-unsaturated/α-hetero) is 1. The minimum absolute atomic E-state index is 0.0483. The molecule has 2 aromatic carbocycles. The predicted octanol–water partition coefficient (Wildman–Crippen LogP) is 5.23. The van der Waals surface area contributed by atoms with Crippen molar-refractivity contribution in [2.45, 2.75) is 52.4 Å². The molecule has 4 heteroatoms. The Morgan fingerprint density at radius 2 is 1.72 bits per heavy atom. The van der Waals surface area contributed by atoms with Crippen LogP contribution >= 0.6 is 0 Å². The van der Waals surface area contributed by atoms with Crippen molar-refractivity contribution < 1.29 is 14.3 Å². The van der Waals surface area contributed by atoms with E-state index in [1.54, 1.807) is 0 Å². The third kappa shape index (κ3) is 3.37. The fraction of sp³-hybridized carbons (Fsp3) is 0.360. The van der Waals surface area contributed by atoms with Crippen molar-refractivity contribution in [3.05, 3.63) is 70.4 Å². The molecule has 2 aliphatic rings. The molecule has 0 saturated heterocycles. The van der Waals surface area contributed by atoms with Crippen molar-refractivity contribution >= 4 is 17.4 Å². The Morgan fingerprint density at radius 1 is 1.00 bits per heavy atom. The zero-order valence-electron chi connectivity index (χ0n) is 17.3. The van der Waals surface area contributed by atoms with E-state index in [4.69, 9.17) is 4.74 Å². The Kier molecular flexibility index (Phi) is 5.27. The molecule has 29 heavy (non-hydrogen) atoms. The van der Waals surface area contributed by atoms with Crippen molar-refractivity contribution in [1.82, 2.24) is 0 Å². The number of carbonyl (C=O) groups is 2. The van der Waals surface area contributed by atoms with Crippen LogP contribution in [0.1, 0.15) is 55.2 Å². The average Bonchev–Trinajstić information content (AvgIpc) is 2.70. The molecule has 0 radical (unpaired) electrons. The van der Waals surface area contributed by atoms with E-state index in [9.17, 15) is 9.59 Å². The molecular formula is C25H27NO3. The number of ether oxygens (including phenoxy) is 1. The zero-order valence-corrected chi connectivity index (χ0v) is 17.3. The average molecular weight is 389 g/mol. The molecule has 4 nitrogen and oxygen atoms in total. The van der Waals surface area contributed by atoms with Gasteiger partial charge in [0.05, 0.1) is 12.3 Å². The maximum absolute atomic E-state index is 13.5. The van der Waals surface area contributed by atoms with Crippen molar-refractivity contribution in [2.24, 2.45) is 0 Å². The second-order valence-electron chi connectivity index (χ2n) is 7.83. The molecule has 1 amide bonds. The van der Waals surface area contributed by atoms with Crippen molar-refractivity contribution in [3.8, 4) is 5.75 Å². The molecule has 0 N–H and O–H groups in total. The van der Waals surface area contributed by atoms with E-state index < -0.39 is 0 Å². The summed E-state index contributed by atoms with van der Waals surface area (Å²) in [4.78, 5) is 28.4. The summed E-state index contributed by atoms with van der Waals surface area (Å²) < 4.78 is 5.83. The van der Waals surface area contributed by atoms with Gasteiger partial charge in [-0.05, 0) is 50.8 Å². The van der Waals surface area contributed by atoms with Gasteiger partial charge in [-0.25, -0.2) is 0 Å². The van der Waals surface area contributed by atoms with Crippen LogP contribution in [0.3, 0.4) is 0 Å². The van der Waals surface area contributed by atoms with Gasteiger partial charge in [0.1, 0.15) is 5.75 Å². The van der Waals surface area contributed by atoms with Crippen molar-refractivity contribution in [3.63, 3.8) is 0 Å². The van der Waals surface area contributed by atoms with Crippen LogP contribution in [0.2, 0.25) is 0 Å². The minimum Gasteiger partial charge on any atom is -0.494 e. The number of amides is 1. The summed E-state index contributed by atoms with van der Waals surface area (Å²) in [6.45, 7) is 6.54. The van der Waals surface area contributed by atoms with Crippen LogP contribution in [0.5, 0.6) is 5.75 Å².